The topological polar surface area (TPSA) is 98.2 Å². The number of urea groups is 1. The van der Waals surface area contributed by atoms with Crippen LogP contribution in [0.2, 0.25) is 0 Å². The van der Waals surface area contributed by atoms with E-state index in [0.29, 0.717) is 11.8 Å². The van der Waals surface area contributed by atoms with E-state index in [-0.39, 0.29) is 17.9 Å². The van der Waals surface area contributed by atoms with E-state index < -0.39 is 6.03 Å². The van der Waals surface area contributed by atoms with Crippen LogP contribution in [0.15, 0.2) is 0 Å². The SMILES string of the molecule is NC(=O)NC(=O)C1C2CCC(C2)C1N. The first kappa shape index (κ1) is 9.45. The molecular weight excluding hydrogens is 182 g/mol. The Morgan fingerprint density at radius 1 is 1.21 bits per heavy atom. The molecule has 0 heterocycles. The summed E-state index contributed by atoms with van der Waals surface area (Å²) >= 11 is 0. The molecule has 0 radical (unpaired) electrons. The van der Waals surface area contributed by atoms with E-state index in [4.69, 9.17) is 11.5 Å². The zero-order valence-corrected chi connectivity index (χ0v) is 7.90. The fourth-order valence-electron chi connectivity index (χ4n) is 2.93. The quantitative estimate of drug-likeness (QED) is 0.531. The summed E-state index contributed by atoms with van der Waals surface area (Å²) in [6, 6.07) is -0.877. The predicted octanol–water partition coefficient (Wildman–Crippen LogP) is -0.445. The van der Waals surface area contributed by atoms with Crippen LogP contribution in [0.1, 0.15) is 19.3 Å². The molecule has 14 heavy (non-hydrogen) atoms. The summed E-state index contributed by atoms with van der Waals surface area (Å²) in [5.74, 6) is 0.316. The molecule has 0 aromatic rings. The van der Waals surface area contributed by atoms with Crippen LogP contribution < -0.4 is 16.8 Å². The van der Waals surface area contributed by atoms with Crippen molar-refractivity contribution >= 4 is 11.9 Å². The number of imide groups is 1. The van der Waals surface area contributed by atoms with Gasteiger partial charge in [-0.1, -0.05) is 0 Å². The second kappa shape index (κ2) is 3.24. The molecule has 2 saturated carbocycles. The van der Waals surface area contributed by atoms with Crippen LogP contribution in [0.5, 0.6) is 0 Å². The van der Waals surface area contributed by atoms with Gasteiger partial charge in [0, 0.05) is 6.04 Å². The van der Waals surface area contributed by atoms with E-state index in [9.17, 15) is 9.59 Å². The summed E-state index contributed by atoms with van der Waals surface area (Å²) in [7, 11) is 0. The van der Waals surface area contributed by atoms with Crippen molar-refractivity contribution in [3.8, 4) is 0 Å². The van der Waals surface area contributed by atoms with Gasteiger partial charge in [0.05, 0.1) is 5.92 Å². The predicted molar refractivity (Wildman–Crippen MR) is 50.0 cm³/mol. The highest BCUT2D eigenvalue weighted by Crippen LogP contribution is 2.47. The lowest BCUT2D eigenvalue weighted by molar-refractivity contribution is -0.125. The monoisotopic (exact) mass is 197 g/mol. The third-order valence-electron chi connectivity index (χ3n) is 3.53. The lowest BCUT2D eigenvalue weighted by Crippen LogP contribution is -2.48. The maximum atomic E-state index is 11.6. The molecule has 5 N–H and O–H groups in total. The van der Waals surface area contributed by atoms with E-state index in [1.807, 2.05) is 0 Å². The van der Waals surface area contributed by atoms with Crippen molar-refractivity contribution in [1.29, 1.82) is 0 Å². The van der Waals surface area contributed by atoms with Crippen LogP contribution in [-0.2, 0) is 4.79 Å². The highest BCUT2D eigenvalue weighted by molar-refractivity contribution is 5.95. The number of primary amides is 1. The van der Waals surface area contributed by atoms with Crippen molar-refractivity contribution in [3.05, 3.63) is 0 Å². The van der Waals surface area contributed by atoms with E-state index in [1.165, 1.54) is 0 Å². The Kier molecular flexibility index (Phi) is 2.19. The maximum absolute atomic E-state index is 11.6. The van der Waals surface area contributed by atoms with Crippen LogP contribution in [0.4, 0.5) is 4.79 Å². The summed E-state index contributed by atoms with van der Waals surface area (Å²) in [5.41, 5.74) is 10.8. The Labute approximate surface area is 82.2 Å². The van der Waals surface area contributed by atoms with Crippen LogP contribution >= 0.6 is 0 Å². The summed E-state index contributed by atoms with van der Waals surface area (Å²) in [5, 5.41) is 2.12. The standard InChI is InChI=1S/C9H15N3O2/c10-7-5-2-1-4(3-5)6(7)8(13)12-9(11)14/h4-7H,1-3,10H2,(H3,11,12,13,14). The minimum absolute atomic E-state index is 0.0897. The third kappa shape index (κ3) is 1.37. The highest BCUT2D eigenvalue weighted by atomic mass is 16.2. The van der Waals surface area contributed by atoms with Crippen molar-refractivity contribution in [2.75, 3.05) is 0 Å². The lowest BCUT2D eigenvalue weighted by atomic mass is 9.84. The zero-order valence-electron chi connectivity index (χ0n) is 7.90. The number of rotatable bonds is 1. The van der Waals surface area contributed by atoms with Gasteiger partial charge in [-0.05, 0) is 31.1 Å². The fraction of sp³-hybridized carbons (Fsp3) is 0.778. The molecule has 4 unspecified atom stereocenters. The smallest absolute Gasteiger partial charge is 0.318 e. The maximum Gasteiger partial charge on any atom is 0.318 e. The first-order chi connectivity index (χ1) is 6.59. The molecule has 4 atom stereocenters. The van der Waals surface area contributed by atoms with Gasteiger partial charge in [0.15, 0.2) is 0 Å². The number of fused-ring (bicyclic) bond motifs is 2. The number of nitrogens with two attached hydrogens (primary N) is 2. The largest absolute Gasteiger partial charge is 0.351 e. The molecule has 2 rings (SSSR count). The van der Waals surface area contributed by atoms with Crippen molar-refractivity contribution in [2.24, 2.45) is 29.2 Å². The molecule has 0 aromatic heterocycles. The molecular formula is C9H15N3O2. The lowest BCUT2D eigenvalue weighted by Gasteiger charge is -2.26. The van der Waals surface area contributed by atoms with E-state index in [0.717, 1.165) is 19.3 Å². The first-order valence-corrected chi connectivity index (χ1v) is 4.95. The number of carbonyl (C=O) groups is 2. The molecule has 2 fully saturated rings. The van der Waals surface area contributed by atoms with Gasteiger partial charge in [-0.25, -0.2) is 4.79 Å². The molecule has 78 valence electrons. The zero-order chi connectivity index (χ0) is 10.3. The molecule has 2 bridgehead atoms. The van der Waals surface area contributed by atoms with Crippen LogP contribution in [0.25, 0.3) is 0 Å². The van der Waals surface area contributed by atoms with Gasteiger partial charge in [0.25, 0.3) is 0 Å². The summed E-state index contributed by atoms with van der Waals surface area (Å²) in [6.07, 6.45) is 3.19. The molecule has 5 heteroatoms. The average Bonchev–Trinajstić information content (AvgIpc) is 2.61. The number of nitrogens with one attached hydrogen (secondary N) is 1. The normalized spacial score (nSPS) is 39.8. The number of carbonyl (C=O) groups excluding carboxylic acids is 2. The second-order valence-corrected chi connectivity index (χ2v) is 4.29. The van der Waals surface area contributed by atoms with Crippen LogP contribution in [0.3, 0.4) is 0 Å². The summed E-state index contributed by atoms with van der Waals surface area (Å²) in [6.45, 7) is 0. The summed E-state index contributed by atoms with van der Waals surface area (Å²) in [4.78, 5) is 22.1. The van der Waals surface area contributed by atoms with E-state index >= 15 is 0 Å². The van der Waals surface area contributed by atoms with Crippen molar-refractivity contribution in [2.45, 2.75) is 25.3 Å². The number of hydrogen-bond donors (Lipinski definition) is 3. The summed E-state index contributed by atoms with van der Waals surface area (Å²) < 4.78 is 0. The van der Waals surface area contributed by atoms with Crippen molar-refractivity contribution < 1.29 is 9.59 Å². The van der Waals surface area contributed by atoms with Gasteiger partial charge in [-0.3, -0.25) is 10.1 Å². The number of amides is 3. The van der Waals surface area contributed by atoms with Crippen molar-refractivity contribution in [3.63, 3.8) is 0 Å². The van der Waals surface area contributed by atoms with E-state index in [2.05, 4.69) is 5.32 Å². The Hall–Kier alpha value is -1.10. The molecule has 2 aliphatic carbocycles. The Balaban J connectivity index is 2.04. The Bertz CT molecular complexity index is 277. The third-order valence-corrected chi connectivity index (χ3v) is 3.53. The van der Waals surface area contributed by atoms with Crippen LogP contribution in [-0.4, -0.2) is 18.0 Å². The first-order valence-electron chi connectivity index (χ1n) is 4.95. The Morgan fingerprint density at radius 2 is 1.86 bits per heavy atom. The molecule has 2 aliphatic rings. The fourth-order valence-corrected chi connectivity index (χ4v) is 2.93. The molecule has 0 spiro atoms. The minimum Gasteiger partial charge on any atom is -0.351 e. The number of hydrogen-bond acceptors (Lipinski definition) is 3. The van der Waals surface area contributed by atoms with Crippen molar-refractivity contribution in [1.82, 2.24) is 5.32 Å². The minimum atomic E-state index is -0.787. The molecule has 3 amide bonds. The van der Waals surface area contributed by atoms with E-state index in [1.54, 1.807) is 0 Å². The van der Waals surface area contributed by atoms with Crippen LogP contribution in [0, 0.1) is 17.8 Å². The highest BCUT2D eigenvalue weighted by Gasteiger charge is 2.49. The average molecular weight is 197 g/mol. The van der Waals surface area contributed by atoms with Gasteiger partial charge < -0.3 is 11.5 Å². The van der Waals surface area contributed by atoms with Gasteiger partial charge in [-0.15, -0.1) is 0 Å². The van der Waals surface area contributed by atoms with Gasteiger partial charge in [0.2, 0.25) is 5.91 Å². The second-order valence-electron chi connectivity index (χ2n) is 4.29. The van der Waals surface area contributed by atoms with Gasteiger partial charge in [0.1, 0.15) is 0 Å². The molecule has 0 aliphatic heterocycles. The molecule has 0 aromatic carbocycles. The molecule has 5 nitrogen and oxygen atoms in total. The van der Waals surface area contributed by atoms with Gasteiger partial charge >= 0.3 is 6.03 Å². The van der Waals surface area contributed by atoms with Gasteiger partial charge in [-0.2, -0.15) is 0 Å². The molecule has 0 saturated heterocycles. The Morgan fingerprint density at radius 3 is 2.36 bits per heavy atom.